The molecule has 0 radical (unpaired) electrons. The monoisotopic (exact) mass is 235 g/mol. The molecule has 0 amide bonds. The molecular formula is C14H21NO2. The minimum absolute atomic E-state index is 0.108. The summed E-state index contributed by atoms with van der Waals surface area (Å²) in [6.07, 6.45) is 0.403. The number of benzene rings is 1. The van der Waals surface area contributed by atoms with E-state index >= 15 is 0 Å². The fourth-order valence-electron chi connectivity index (χ4n) is 1.60. The van der Waals surface area contributed by atoms with Crippen LogP contribution in [0.5, 0.6) is 0 Å². The van der Waals surface area contributed by atoms with Crippen LogP contribution in [-0.4, -0.2) is 18.6 Å². The third-order valence-corrected chi connectivity index (χ3v) is 2.62. The van der Waals surface area contributed by atoms with Crippen molar-refractivity contribution in [3.63, 3.8) is 0 Å². The first-order chi connectivity index (χ1) is 8.13. The summed E-state index contributed by atoms with van der Waals surface area (Å²) < 4.78 is 4.98. The van der Waals surface area contributed by atoms with Crippen molar-refractivity contribution in [2.45, 2.75) is 33.2 Å². The van der Waals surface area contributed by atoms with Crippen molar-refractivity contribution in [2.24, 2.45) is 5.92 Å². The number of para-hydroxylation sites is 1. The maximum absolute atomic E-state index is 11.5. The van der Waals surface area contributed by atoms with Gasteiger partial charge in [0.15, 0.2) is 0 Å². The van der Waals surface area contributed by atoms with Gasteiger partial charge in [0, 0.05) is 11.7 Å². The summed E-state index contributed by atoms with van der Waals surface area (Å²) in [7, 11) is 0. The Morgan fingerprint density at radius 1 is 1.29 bits per heavy atom. The molecule has 1 atom stereocenters. The van der Waals surface area contributed by atoms with Gasteiger partial charge < -0.3 is 10.1 Å². The molecule has 0 heterocycles. The third-order valence-electron chi connectivity index (χ3n) is 2.62. The number of carbonyl (C=O) groups excluding carboxylic acids is 1. The lowest BCUT2D eigenvalue weighted by Gasteiger charge is -2.22. The highest BCUT2D eigenvalue weighted by atomic mass is 16.5. The number of carbonyl (C=O) groups is 1. The van der Waals surface area contributed by atoms with Crippen molar-refractivity contribution >= 4 is 11.7 Å². The summed E-state index contributed by atoms with van der Waals surface area (Å²) in [6.45, 7) is 6.46. The molecule has 1 rings (SSSR count). The van der Waals surface area contributed by atoms with Crippen LogP contribution in [0.2, 0.25) is 0 Å². The number of hydrogen-bond donors (Lipinski definition) is 1. The van der Waals surface area contributed by atoms with E-state index in [0.29, 0.717) is 18.9 Å². The molecule has 0 spiro atoms. The SMILES string of the molecule is CCOC(=O)CC(Nc1ccccc1)C(C)C. The summed E-state index contributed by atoms with van der Waals surface area (Å²) in [4.78, 5) is 11.5. The Morgan fingerprint density at radius 3 is 2.47 bits per heavy atom. The molecule has 0 bridgehead atoms. The molecule has 0 aliphatic carbocycles. The van der Waals surface area contributed by atoms with E-state index < -0.39 is 0 Å². The average molecular weight is 235 g/mol. The third kappa shape index (κ3) is 4.89. The summed E-state index contributed by atoms with van der Waals surface area (Å²) >= 11 is 0. The molecule has 0 saturated heterocycles. The standard InChI is InChI=1S/C14H21NO2/c1-4-17-14(16)10-13(11(2)3)15-12-8-6-5-7-9-12/h5-9,11,13,15H,4,10H2,1-3H3. The summed E-state index contributed by atoms with van der Waals surface area (Å²) in [5.41, 5.74) is 1.04. The van der Waals surface area contributed by atoms with E-state index in [0.717, 1.165) is 5.69 Å². The number of rotatable bonds is 6. The zero-order valence-corrected chi connectivity index (χ0v) is 10.8. The van der Waals surface area contributed by atoms with Gasteiger partial charge >= 0.3 is 5.97 Å². The topological polar surface area (TPSA) is 38.3 Å². The van der Waals surface area contributed by atoms with E-state index in [1.54, 1.807) is 0 Å². The molecule has 1 aromatic carbocycles. The highest BCUT2D eigenvalue weighted by Crippen LogP contribution is 2.15. The Bertz CT molecular complexity index is 335. The largest absolute Gasteiger partial charge is 0.466 e. The average Bonchev–Trinajstić information content (AvgIpc) is 2.29. The molecule has 0 aliphatic rings. The Hall–Kier alpha value is -1.51. The van der Waals surface area contributed by atoms with Crippen LogP contribution < -0.4 is 5.32 Å². The molecule has 0 saturated carbocycles. The van der Waals surface area contributed by atoms with Gasteiger partial charge in [-0.15, -0.1) is 0 Å². The molecule has 1 unspecified atom stereocenters. The molecule has 3 heteroatoms. The number of ether oxygens (including phenoxy) is 1. The number of esters is 1. The fourth-order valence-corrected chi connectivity index (χ4v) is 1.60. The van der Waals surface area contributed by atoms with Crippen LogP contribution in [-0.2, 0) is 9.53 Å². The first kappa shape index (κ1) is 13.6. The van der Waals surface area contributed by atoms with Crippen LogP contribution in [0.4, 0.5) is 5.69 Å². The highest BCUT2D eigenvalue weighted by molar-refractivity contribution is 5.70. The normalized spacial score (nSPS) is 12.2. The maximum atomic E-state index is 11.5. The van der Waals surface area contributed by atoms with Gasteiger partial charge in [-0.05, 0) is 25.0 Å². The molecular weight excluding hydrogens is 214 g/mol. The first-order valence-corrected chi connectivity index (χ1v) is 6.10. The summed E-state index contributed by atoms with van der Waals surface area (Å²) in [6, 6.07) is 10.0. The summed E-state index contributed by atoms with van der Waals surface area (Å²) in [5, 5.41) is 3.37. The molecule has 94 valence electrons. The molecule has 1 N–H and O–H groups in total. The van der Waals surface area contributed by atoms with E-state index in [1.165, 1.54) is 0 Å². The minimum atomic E-state index is -0.144. The Kier molecular flexibility index (Phi) is 5.53. The Labute approximate surface area is 103 Å². The number of nitrogens with one attached hydrogen (secondary N) is 1. The van der Waals surface area contributed by atoms with Crippen LogP contribution in [0.1, 0.15) is 27.2 Å². The zero-order valence-electron chi connectivity index (χ0n) is 10.8. The lowest BCUT2D eigenvalue weighted by molar-refractivity contribution is -0.143. The molecule has 3 nitrogen and oxygen atoms in total. The molecule has 0 aliphatic heterocycles. The van der Waals surface area contributed by atoms with Gasteiger partial charge in [0.2, 0.25) is 0 Å². The first-order valence-electron chi connectivity index (χ1n) is 6.10. The predicted molar refractivity (Wildman–Crippen MR) is 69.9 cm³/mol. The predicted octanol–water partition coefficient (Wildman–Crippen LogP) is 3.08. The second-order valence-electron chi connectivity index (χ2n) is 4.37. The van der Waals surface area contributed by atoms with E-state index in [9.17, 15) is 4.79 Å². The lowest BCUT2D eigenvalue weighted by atomic mass is 10.0. The van der Waals surface area contributed by atoms with Crippen molar-refractivity contribution in [3.05, 3.63) is 30.3 Å². The fraction of sp³-hybridized carbons (Fsp3) is 0.500. The summed E-state index contributed by atoms with van der Waals surface area (Å²) in [5.74, 6) is 0.231. The second-order valence-corrected chi connectivity index (χ2v) is 4.37. The second kappa shape index (κ2) is 6.94. The van der Waals surface area contributed by atoms with E-state index in [1.807, 2.05) is 37.3 Å². The van der Waals surface area contributed by atoms with E-state index in [-0.39, 0.29) is 12.0 Å². The van der Waals surface area contributed by atoms with Crippen molar-refractivity contribution in [2.75, 3.05) is 11.9 Å². The molecule has 17 heavy (non-hydrogen) atoms. The van der Waals surface area contributed by atoms with Gasteiger partial charge in [0.05, 0.1) is 13.0 Å². The van der Waals surface area contributed by atoms with Crippen LogP contribution in [0.25, 0.3) is 0 Å². The van der Waals surface area contributed by atoms with Gasteiger partial charge in [-0.1, -0.05) is 32.0 Å². The minimum Gasteiger partial charge on any atom is -0.466 e. The van der Waals surface area contributed by atoms with Gasteiger partial charge in [0.1, 0.15) is 0 Å². The van der Waals surface area contributed by atoms with Crippen LogP contribution in [0, 0.1) is 5.92 Å². The van der Waals surface area contributed by atoms with Gasteiger partial charge in [-0.2, -0.15) is 0 Å². The molecule has 0 aromatic heterocycles. The maximum Gasteiger partial charge on any atom is 0.307 e. The van der Waals surface area contributed by atoms with E-state index in [2.05, 4.69) is 19.2 Å². The number of anilines is 1. The zero-order chi connectivity index (χ0) is 12.7. The van der Waals surface area contributed by atoms with Gasteiger partial charge in [0.25, 0.3) is 0 Å². The van der Waals surface area contributed by atoms with E-state index in [4.69, 9.17) is 4.74 Å². The van der Waals surface area contributed by atoms with Gasteiger partial charge in [-0.3, -0.25) is 4.79 Å². The van der Waals surface area contributed by atoms with Gasteiger partial charge in [-0.25, -0.2) is 0 Å². The molecule has 0 fully saturated rings. The Morgan fingerprint density at radius 2 is 1.94 bits per heavy atom. The van der Waals surface area contributed by atoms with Crippen molar-refractivity contribution < 1.29 is 9.53 Å². The van der Waals surface area contributed by atoms with Crippen molar-refractivity contribution in [1.82, 2.24) is 0 Å². The Balaban J connectivity index is 2.58. The van der Waals surface area contributed by atoms with Crippen LogP contribution in [0.15, 0.2) is 30.3 Å². The van der Waals surface area contributed by atoms with Crippen molar-refractivity contribution in [1.29, 1.82) is 0 Å². The quantitative estimate of drug-likeness (QED) is 0.770. The smallest absolute Gasteiger partial charge is 0.307 e. The van der Waals surface area contributed by atoms with Crippen LogP contribution >= 0.6 is 0 Å². The number of hydrogen-bond acceptors (Lipinski definition) is 3. The molecule has 1 aromatic rings. The highest BCUT2D eigenvalue weighted by Gasteiger charge is 2.17. The lowest BCUT2D eigenvalue weighted by Crippen LogP contribution is -2.29. The van der Waals surface area contributed by atoms with Crippen molar-refractivity contribution in [3.8, 4) is 0 Å². The van der Waals surface area contributed by atoms with Crippen LogP contribution in [0.3, 0.4) is 0 Å².